The lowest BCUT2D eigenvalue weighted by Gasteiger charge is -2.23. The quantitative estimate of drug-likeness (QED) is 0.201. The van der Waals surface area contributed by atoms with Crippen LogP contribution in [0.1, 0.15) is 25.0 Å². The normalized spacial score (nSPS) is 13.1. The fraction of sp³-hybridized carbons (Fsp3) is 0.0682. The number of fused-ring (bicyclic) bond motifs is 6. The minimum Gasteiger partial charge on any atom is -0.208 e. The van der Waals surface area contributed by atoms with Crippen molar-refractivity contribution in [3.8, 4) is 56.4 Å². The van der Waals surface area contributed by atoms with E-state index in [0.29, 0.717) is 17.5 Å². The van der Waals surface area contributed by atoms with E-state index in [2.05, 4.69) is 147 Å². The van der Waals surface area contributed by atoms with Crippen LogP contribution in [-0.4, -0.2) is 15.0 Å². The van der Waals surface area contributed by atoms with Crippen molar-refractivity contribution in [1.82, 2.24) is 15.0 Å². The molecular formula is C44H31N3. The summed E-state index contributed by atoms with van der Waals surface area (Å²) >= 11 is 0. The summed E-state index contributed by atoms with van der Waals surface area (Å²) in [6, 6.07) is 53.6. The van der Waals surface area contributed by atoms with Crippen molar-refractivity contribution in [2.45, 2.75) is 19.3 Å². The molecular weight excluding hydrogens is 571 g/mol. The molecule has 7 aromatic carbocycles. The third-order valence-electron chi connectivity index (χ3n) is 9.67. The second kappa shape index (κ2) is 10.6. The maximum Gasteiger partial charge on any atom is 0.164 e. The molecule has 1 aliphatic carbocycles. The van der Waals surface area contributed by atoms with Crippen molar-refractivity contribution in [1.29, 1.82) is 0 Å². The van der Waals surface area contributed by atoms with Crippen LogP contribution in [-0.2, 0) is 5.41 Å². The van der Waals surface area contributed by atoms with Crippen LogP contribution in [0.4, 0.5) is 0 Å². The van der Waals surface area contributed by atoms with E-state index in [4.69, 9.17) is 15.0 Å². The van der Waals surface area contributed by atoms with E-state index in [1.807, 2.05) is 18.2 Å². The first-order valence-electron chi connectivity index (χ1n) is 16.1. The highest BCUT2D eigenvalue weighted by Gasteiger charge is 2.38. The molecule has 0 amide bonds. The predicted octanol–water partition coefficient (Wildman–Crippen LogP) is 11.2. The van der Waals surface area contributed by atoms with Crippen LogP contribution in [0, 0.1) is 0 Å². The highest BCUT2D eigenvalue weighted by atomic mass is 15.0. The second-order valence-electron chi connectivity index (χ2n) is 12.9. The summed E-state index contributed by atoms with van der Waals surface area (Å²) in [7, 11) is 0. The second-order valence-corrected chi connectivity index (χ2v) is 12.9. The molecule has 9 rings (SSSR count). The van der Waals surface area contributed by atoms with Gasteiger partial charge in [-0.3, -0.25) is 0 Å². The lowest BCUT2D eigenvalue weighted by molar-refractivity contribution is 0.666. The van der Waals surface area contributed by atoms with Crippen LogP contribution >= 0.6 is 0 Å². The van der Waals surface area contributed by atoms with Gasteiger partial charge in [0.25, 0.3) is 0 Å². The molecule has 0 spiro atoms. The summed E-state index contributed by atoms with van der Waals surface area (Å²) in [5, 5.41) is 5.01. The van der Waals surface area contributed by atoms with Crippen molar-refractivity contribution < 1.29 is 0 Å². The molecule has 1 aliphatic rings. The molecule has 8 aromatic rings. The summed E-state index contributed by atoms with van der Waals surface area (Å²) in [5.74, 6) is 2.00. The molecule has 0 atom stereocenters. The van der Waals surface area contributed by atoms with Gasteiger partial charge in [-0.25, -0.2) is 15.0 Å². The summed E-state index contributed by atoms with van der Waals surface area (Å²) in [4.78, 5) is 15.4. The Bertz CT molecular complexity index is 2490. The summed E-state index contributed by atoms with van der Waals surface area (Å²) in [6.45, 7) is 4.67. The van der Waals surface area contributed by atoms with E-state index < -0.39 is 0 Å². The molecule has 3 nitrogen and oxygen atoms in total. The van der Waals surface area contributed by atoms with Gasteiger partial charge in [0.15, 0.2) is 17.5 Å². The summed E-state index contributed by atoms with van der Waals surface area (Å²) < 4.78 is 0. The molecule has 1 heterocycles. The maximum absolute atomic E-state index is 5.22. The van der Waals surface area contributed by atoms with Gasteiger partial charge >= 0.3 is 0 Å². The van der Waals surface area contributed by atoms with Crippen LogP contribution in [0.5, 0.6) is 0 Å². The molecule has 0 saturated heterocycles. The van der Waals surface area contributed by atoms with Crippen molar-refractivity contribution in [2.24, 2.45) is 0 Å². The number of hydrogen-bond donors (Lipinski definition) is 0. The van der Waals surface area contributed by atoms with Crippen LogP contribution in [0.2, 0.25) is 0 Å². The fourth-order valence-electron chi connectivity index (χ4n) is 7.39. The number of benzene rings is 7. The van der Waals surface area contributed by atoms with Gasteiger partial charge in [-0.2, -0.15) is 0 Å². The monoisotopic (exact) mass is 601 g/mol. The SMILES string of the molecule is CC1(C)c2cccc(-c3nc(-c4ccccc4)nc(-c4cccc(-c5ccc6ccccc6c5)c4)n3)c2-c2ccc3ccccc3c21. The Morgan fingerprint density at radius 1 is 0.404 bits per heavy atom. The molecule has 1 aromatic heterocycles. The third-order valence-corrected chi connectivity index (χ3v) is 9.67. The molecule has 0 aliphatic heterocycles. The van der Waals surface area contributed by atoms with Gasteiger partial charge in [0, 0.05) is 22.1 Å². The zero-order chi connectivity index (χ0) is 31.5. The van der Waals surface area contributed by atoms with Gasteiger partial charge in [0.05, 0.1) is 0 Å². The van der Waals surface area contributed by atoms with Crippen LogP contribution in [0.3, 0.4) is 0 Å². The van der Waals surface area contributed by atoms with Crippen LogP contribution in [0.15, 0.2) is 152 Å². The zero-order valence-electron chi connectivity index (χ0n) is 26.3. The smallest absolute Gasteiger partial charge is 0.164 e. The maximum atomic E-state index is 5.22. The predicted molar refractivity (Wildman–Crippen MR) is 194 cm³/mol. The molecule has 0 fully saturated rings. The van der Waals surface area contributed by atoms with Crippen molar-refractivity contribution in [3.63, 3.8) is 0 Å². The number of nitrogens with zero attached hydrogens (tertiary/aromatic N) is 3. The zero-order valence-corrected chi connectivity index (χ0v) is 26.3. The standard InChI is InChI=1S/C44H31N3/c1-44(2)38-21-11-20-37(39(38)36-25-24-29-13-8-9-19-35(29)40(36)44)43-46-41(30-14-4-3-5-15-30)45-42(47-43)34-18-10-17-32(27-34)33-23-22-28-12-6-7-16-31(28)26-33/h3-27H,1-2H3. The lowest BCUT2D eigenvalue weighted by Crippen LogP contribution is -2.15. The highest BCUT2D eigenvalue weighted by molar-refractivity contribution is 6.01. The van der Waals surface area contributed by atoms with Gasteiger partial charge in [-0.1, -0.05) is 153 Å². The van der Waals surface area contributed by atoms with E-state index in [1.165, 1.54) is 43.8 Å². The van der Waals surface area contributed by atoms with E-state index in [1.54, 1.807) is 0 Å². The lowest BCUT2D eigenvalue weighted by atomic mass is 9.80. The van der Waals surface area contributed by atoms with E-state index in [9.17, 15) is 0 Å². The molecule has 3 heteroatoms. The van der Waals surface area contributed by atoms with Crippen molar-refractivity contribution in [2.75, 3.05) is 0 Å². The Kier molecular flexibility index (Phi) is 6.16. The van der Waals surface area contributed by atoms with Gasteiger partial charge in [-0.15, -0.1) is 0 Å². The average molecular weight is 602 g/mol. The first-order valence-corrected chi connectivity index (χ1v) is 16.1. The molecule has 0 bridgehead atoms. The molecule has 0 unspecified atom stereocenters. The van der Waals surface area contributed by atoms with E-state index >= 15 is 0 Å². The molecule has 0 radical (unpaired) electrons. The fourth-order valence-corrected chi connectivity index (χ4v) is 7.39. The van der Waals surface area contributed by atoms with Gasteiger partial charge in [-0.05, 0) is 67.1 Å². The van der Waals surface area contributed by atoms with Gasteiger partial charge in [0.1, 0.15) is 0 Å². The number of hydrogen-bond acceptors (Lipinski definition) is 3. The van der Waals surface area contributed by atoms with E-state index in [0.717, 1.165) is 27.8 Å². The minimum atomic E-state index is -0.173. The summed E-state index contributed by atoms with van der Waals surface area (Å²) in [5.41, 5.74) is 10.2. The van der Waals surface area contributed by atoms with Crippen molar-refractivity contribution in [3.05, 3.63) is 163 Å². The minimum absolute atomic E-state index is 0.173. The Balaban J connectivity index is 1.25. The van der Waals surface area contributed by atoms with Gasteiger partial charge < -0.3 is 0 Å². The van der Waals surface area contributed by atoms with Crippen molar-refractivity contribution >= 4 is 21.5 Å². The molecule has 47 heavy (non-hydrogen) atoms. The molecule has 0 N–H and O–H groups in total. The first kappa shape index (κ1) is 27.4. The largest absolute Gasteiger partial charge is 0.208 e. The summed E-state index contributed by atoms with van der Waals surface area (Å²) in [6.07, 6.45) is 0. The van der Waals surface area contributed by atoms with Gasteiger partial charge in [0.2, 0.25) is 0 Å². The van der Waals surface area contributed by atoms with E-state index in [-0.39, 0.29) is 5.41 Å². The average Bonchev–Trinajstić information content (AvgIpc) is 3.38. The molecule has 0 saturated carbocycles. The number of rotatable bonds is 4. The highest BCUT2D eigenvalue weighted by Crippen LogP contribution is 2.54. The topological polar surface area (TPSA) is 38.7 Å². The Hall–Kier alpha value is -5.93. The third kappa shape index (κ3) is 4.46. The Morgan fingerprint density at radius 2 is 1.02 bits per heavy atom. The Labute approximate surface area is 274 Å². The number of aromatic nitrogens is 3. The Morgan fingerprint density at radius 3 is 1.87 bits per heavy atom. The van der Waals surface area contributed by atoms with Crippen LogP contribution < -0.4 is 0 Å². The first-order chi connectivity index (χ1) is 23.0. The molecule has 222 valence electrons. The van der Waals surface area contributed by atoms with Crippen LogP contribution in [0.25, 0.3) is 78.0 Å².